The SMILES string of the molecule is Cc1cc(C(F)(F)F)n2nc(C(=O)Nc3c(C)nn(Cc4ccccc4)c3C)c(Cl)c2n1. The van der Waals surface area contributed by atoms with Gasteiger partial charge in [0.1, 0.15) is 10.7 Å². The van der Waals surface area contributed by atoms with E-state index in [-0.39, 0.29) is 22.1 Å². The second-order valence-corrected chi connectivity index (χ2v) is 7.70. The number of hydrogen-bond acceptors (Lipinski definition) is 4. The average Bonchev–Trinajstić information content (AvgIpc) is 3.19. The summed E-state index contributed by atoms with van der Waals surface area (Å²) in [7, 11) is 0. The molecule has 4 rings (SSSR count). The number of fused-ring (bicyclic) bond motifs is 1. The number of alkyl halides is 3. The molecule has 4 aromatic rings. The van der Waals surface area contributed by atoms with Gasteiger partial charge >= 0.3 is 6.18 Å². The number of carbonyl (C=O) groups is 1. The van der Waals surface area contributed by atoms with Gasteiger partial charge in [0.25, 0.3) is 5.91 Å². The number of halogens is 4. The molecular weight excluding hydrogens is 445 g/mol. The van der Waals surface area contributed by atoms with E-state index in [9.17, 15) is 18.0 Å². The Morgan fingerprint density at radius 2 is 1.81 bits per heavy atom. The van der Waals surface area contributed by atoms with E-state index in [4.69, 9.17) is 11.6 Å². The number of nitrogens with one attached hydrogen (secondary N) is 1. The molecule has 0 unspecified atom stereocenters. The quantitative estimate of drug-likeness (QED) is 0.471. The van der Waals surface area contributed by atoms with Gasteiger partial charge in [-0.1, -0.05) is 41.9 Å². The Balaban J connectivity index is 1.69. The summed E-state index contributed by atoms with van der Waals surface area (Å²) in [5.41, 5.74) is 1.15. The second kappa shape index (κ2) is 7.94. The van der Waals surface area contributed by atoms with Gasteiger partial charge in [-0.3, -0.25) is 9.48 Å². The predicted octanol–water partition coefficient (Wildman–Crippen LogP) is 4.82. The number of aromatic nitrogens is 5. The standard InChI is InChI=1S/C21H18ClF3N6O/c1-11-9-15(21(23,24)25)31-19(26-11)16(22)18(29-31)20(32)27-17-12(2)28-30(13(17)3)10-14-7-5-4-6-8-14/h4-9H,10H2,1-3H3,(H,27,32). The van der Waals surface area contributed by atoms with Gasteiger partial charge in [0, 0.05) is 5.69 Å². The molecule has 0 atom stereocenters. The molecule has 0 aliphatic rings. The van der Waals surface area contributed by atoms with E-state index in [0.29, 0.717) is 28.1 Å². The largest absolute Gasteiger partial charge is 0.433 e. The Kier molecular flexibility index (Phi) is 5.41. The smallest absolute Gasteiger partial charge is 0.317 e. The summed E-state index contributed by atoms with van der Waals surface area (Å²) in [5.74, 6) is -0.753. The summed E-state index contributed by atoms with van der Waals surface area (Å²) in [6, 6.07) is 10.5. The van der Waals surface area contributed by atoms with Crippen LogP contribution in [0.5, 0.6) is 0 Å². The van der Waals surface area contributed by atoms with Gasteiger partial charge in [0.2, 0.25) is 0 Å². The molecule has 0 spiro atoms. The average molecular weight is 463 g/mol. The first kappa shape index (κ1) is 21.8. The van der Waals surface area contributed by atoms with Crippen LogP contribution >= 0.6 is 11.6 Å². The first-order valence-electron chi connectivity index (χ1n) is 9.58. The molecular formula is C21H18ClF3N6O. The molecule has 1 amide bonds. The number of rotatable bonds is 4. The van der Waals surface area contributed by atoms with Crippen molar-refractivity contribution in [3.8, 4) is 0 Å². The van der Waals surface area contributed by atoms with Gasteiger partial charge in [0.05, 0.1) is 23.6 Å². The molecule has 11 heteroatoms. The van der Waals surface area contributed by atoms with Gasteiger partial charge < -0.3 is 5.32 Å². The van der Waals surface area contributed by atoms with Crippen LogP contribution in [-0.4, -0.2) is 30.3 Å². The highest BCUT2D eigenvalue weighted by atomic mass is 35.5. The van der Waals surface area contributed by atoms with Crippen LogP contribution in [0.1, 0.15) is 38.8 Å². The highest BCUT2D eigenvalue weighted by Crippen LogP contribution is 2.32. The van der Waals surface area contributed by atoms with Gasteiger partial charge in [-0.2, -0.15) is 23.4 Å². The normalized spacial score (nSPS) is 11.8. The third-order valence-electron chi connectivity index (χ3n) is 4.96. The molecule has 7 nitrogen and oxygen atoms in total. The Labute approximate surface area is 185 Å². The third kappa shape index (κ3) is 3.93. The topological polar surface area (TPSA) is 77.1 Å². The highest BCUT2D eigenvalue weighted by Gasteiger charge is 2.36. The molecule has 3 aromatic heterocycles. The Bertz CT molecular complexity index is 1330. The molecule has 166 valence electrons. The first-order valence-corrected chi connectivity index (χ1v) is 9.96. The minimum absolute atomic E-state index is 0.104. The van der Waals surface area contributed by atoms with Crippen LogP contribution in [0.25, 0.3) is 5.65 Å². The Hall–Kier alpha value is -3.40. The van der Waals surface area contributed by atoms with E-state index in [0.717, 1.165) is 11.6 Å². The van der Waals surface area contributed by atoms with Crippen molar-refractivity contribution in [2.24, 2.45) is 0 Å². The molecule has 0 radical (unpaired) electrons. The van der Waals surface area contributed by atoms with E-state index in [2.05, 4.69) is 20.5 Å². The van der Waals surface area contributed by atoms with E-state index in [1.807, 2.05) is 30.3 Å². The van der Waals surface area contributed by atoms with Crippen molar-refractivity contribution in [1.82, 2.24) is 24.4 Å². The number of nitrogens with zero attached hydrogens (tertiary/aromatic N) is 5. The van der Waals surface area contributed by atoms with E-state index in [1.165, 1.54) is 6.92 Å². The maximum atomic E-state index is 13.4. The summed E-state index contributed by atoms with van der Waals surface area (Å²) in [6.07, 6.45) is -4.69. The summed E-state index contributed by atoms with van der Waals surface area (Å²) < 4.78 is 42.6. The zero-order valence-corrected chi connectivity index (χ0v) is 18.1. The monoisotopic (exact) mass is 462 g/mol. The molecule has 0 bridgehead atoms. The lowest BCUT2D eigenvalue weighted by molar-refractivity contribution is -0.142. The van der Waals surface area contributed by atoms with Crippen LogP contribution in [0.2, 0.25) is 5.02 Å². The van der Waals surface area contributed by atoms with Crippen LogP contribution in [0, 0.1) is 20.8 Å². The van der Waals surface area contributed by atoms with Crippen molar-refractivity contribution in [2.75, 3.05) is 5.32 Å². The Morgan fingerprint density at radius 3 is 2.47 bits per heavy atom. The highest BCUT2D eigenvalue weighted by molar-refractivity contribution is 6.37. The molecule has 1 aromatic carbocycles. The van der Waals surface area contributed by atoms with Crippen LogP contribution < -0.4 is 5.32 Å². The molecule has 3 heterocycles. The summed E-state index contributed by atoms with van der Waals surface area (Å²) in [6.45, 7) is 5.42. The second-order valence-electron chi connectivity index (χ2n) is 7.32. The fraction of sp³-hybridized carbons (Fsp3) is 0.238. The number of anilines is 1. The molecule has 0 aliphatic heterocycles. The fourth-order valence-electron chi connectivity index (χ4n) is 3.42. The molecule has 0 aliphatic carbocycles. The number of carbonyl (C=O) groups excluding carboxylic acids is 1. The molecule has 32 heavy (non-hydrogen) atoms. The molecule has 0 saturated carbocycles. The molecule has 0 saturated heterocycles. The zero-order chi connectivity index (χ0) is 23.2. The first-order chi connectivity index (χ1) is 15.1. The summed E-state index contributed by atoms with van der Waals surface area (Å²) >= 11 is 6.21. The van der Waals surface area contributed by atoms with Crippen LogP contribution in [0.15, 0.2) is 36.4 Å². The number of hydrogen-bond donors (Lipinski definition) is 1. The van der Waals surface area contributed by atoms with Crippen molar-refractivity contribution < 1.29 is 18.0 Å². The summed E-state index contributed by atoms with van der Waals surface area (Å²) in [4.78, 5) is 16.9. The maximum absolute atomic E-state index is 13.4. The minimum atomic E-state index is -4.69. The number of benzene rings is 1. The fourth-order valence-corrected chi connectivity index (χ4v) is 3.67. The summed E-state index contributed by atoms with van der Waals surface area (Å²) in [5, 5.41) is 10.7. The van der Waals surface area contributed by atoms with Crippen molar-refractivity contribution in [3.63, 3.8) is 0 Å². The van der Waals surface area contributed by atoms with Crippen molar-refractivity contribution in [1.29, 1.82) is 0 Å². The minimum Gasteiger partial charge on any atom is -0.317 e. The Morgan fingerprint density at radius 1 is 1.12 bits per heavy atom. The van der Waals surface area contributed by atoms with E-state index >= 15 is 0 Å². The van der Waals surface area contributed by atoms with Gasteiger partial charge in [-0.25, -0.2) is 9.50 Å². The van der Waals surface area contributed by atoms with Crippen molar-refractivity contribution >= 4 is 28.8 Å². The predicted molar refractivity (Wildman–Crippen MR) is 113 cm³/mol. The van der Waals surface area contributed by atoms with Crippen molar-refractivity contribution in [3.05, 3.63) is 75.5 Å². The van der Waals surface area contributed by atoms with Crippen LogP contribution in [0.3, 0.4) is 0 Å². The third-order valence-corrected chi connectivity index (χ3v) is 5.31. The molecule has 1 N–H and O–H groups in total. The van der Waals surface area contributed by atoms with Gasteiger partial charge in [-0.15, -0.1) is 0 Å². The lowest BCUT2D eigenvalue weighted by atomic mass is 10.2. The lowest BCUT2D eigenvalue weighted by Gasteiger charge is -2.09. The van der Waals surface area contributed by atoms with Gasteiger partial charge in [0.15, 0.2) is 11.3 Å². The maximum Gasteiger partial charge on any atom is 0.433 e. The zero-order valence-electron chi connectivity index (χ0n) is 17.3. The van der Waals surface area contributed by atoms with Crippen LogP contribution in [0.4, 0.5) is 18.9 Å². The van der Waals surface area contributed by atoms with Crippen LogP contribution in [-0.2, 0) is 12.7 Å². The van der Waals surface area contributed by atoms with E-state index in [1.54, 1.807) is 18.5 Å². The molecule has 0 fully saturated rings. The van der Waals surface area contributed by atoms with Crippen molar-refractivity contribution in [2.45, 2.75) is 33.5 Å². The number of aryl methyl sites for hydroxylation is 2. The lowest BCUT2D eigenvalue weighted by Crippen LogP contribution is -2.16. The van der Waals surface area contributed by atoms with Gasteiger partial charge in [-0.05, 0) is 32.4 Å². The van der Waals surface area contributed by atoms with E-state index < -0.39 is 17.8 Å². The number of amides is 1.